The summed E-state index contributed by atoms with van der Waals surface area (Å²) >= 11 is 0. The van der Waals surface area contributed by atoms with Gasteiger partial charge in [-0.1, -0.05) is 0 Å². The predicted molar refractivity (Wildman–Crippen MR) is 123 cm³/mol. The molecule has 180 valence electrons. The number of furan rings is 1. The number of amides is 3. The van der Waals surface area contributed by atoms with Crippen LogP contribution in [0.2, 0.25) is 0 Å². The monoisotopic (exact) mass is 480 g/mol. The van der Waals surface area contributed by atoms with E-state index < -0.39 is 29.5 Å². The van der Waals surface area contributed by atoms with Gasteiger partial charge in [-0.15, -0.1) is 0 Å². The topological polar surface area (TPSA) is 139 Å². The third-order valence-corrected chi connectivity index (χ3v) is 4.43. The summed E-state index contributed by atoms with van der Waals surface area (Å²) in [5.41, 5.74) is 3.17. The van der Waals surface area contributed by atoms with Crippen LogP contribution in [-0.4, -0.2) is 36.5 Å². The van der Waals surface area contributed by atoms with Gasteiger partial charge in [-0.05, 0) is 67.6 Å². The number of benzene rings is 2. The summed E-state index contributed by atoms with van der Waals surface area (Å²) in [4.78, 5) is 47.7. The summed E-state index contributed by atoms with van der Waals surface area (Å²) in [6, 6.07) is 14.0. The molecule has 3 rings (SSSR count). The lowest BCUT2D eigenvalue weighted by molar-refractivity contribution is -0.136. The molecule has 3 amide bonds. The van der Waals surface area contributed by atoms with Gasteiger partial charge in [0.15, 0.2) is 0 Å². The second-order valence-electron chi connectivity index (χ2n) is 6.94. The highest BCUT2D eigenvalue weighted by Crippen LogP contribution is 2.11. The van der Waals surface area contributed by atoms with Crippen molar-refractivity contribution in [3.63, 3.8) is 0 Å². The van der Waals surface area contributed by atoms with Crippen LogP contribution in [0.25, 0.3) is 0 Å². The molecule has 3 aromatic rings. The van der Waals surface area contributed by atoms with Crippen LogP contribution in [0.4, 0.5) is 10.1 Å². The Balaban J connectivity index is 1.44. The summed E-state index contributed by atoms with van der Waals surface area (Å²) in [7, 11) is 0. The minimum absolute atomic E-state index is 0.0656. The molecule has 0 fully saturated rings. The number of halogens is 1. The molecule has 3 N–H and O–H groups in total. The summed E-state index contributed by atoms with van der Waals surface area (Å²) in [5, 5.41) is 8.59. The van der Waals surface area contributed by atoms with Crippen molar-refractivity contribution in [2.24, 2.45) is 5.10 Å². The summed E-state index contributed by atoms with van der Waals surface area (Å²) in [5.74, 6) is -2.62. The van der Waals surface area contributed by atoms with Crippen molar-refractivity contribution < 1.29 is 32.7 Å². The Labute approximate surface area is 199 Å². The van der Waals surface area contributed by atoms with Crippen molar-refractivity contribution in [2.45, 2.75) is 13.5 Å². The molecule has 0 aliphatic rings. The summed E-state index contributed by atoms with van der Waals surface area (Å²) in [6.45, 7) is 1.87. The van der Waals surface area contributed by atoms with Gasteiger partial charge in [0.1, 0.15) is 17.3 Å². The summed E-state index contributed by atoms with van der Waals surface area (Å²) in [6.07, 6.45) is 1.25. The van der Waals surface area contributed by atoms with E-state index in [4.69, 9.17) is 9.15 Å². The van der Waals surface area contributed by atoms with Crippen LogP contribution >= 0.6 is 0 Å². The van der Waals surface area contributed by atoms with Gasteiger partial charge < -0.3 is 19.8 Å². The van der Waals surface area contributed by atoms with Crippen molar-refractivity contribution in [2.75, 3.05) is 11.9 Å². The molecule has 2 aromatic carbocycles. The number of rotatable bonds is 8. The number of nitrogens with zero attached hydrogens (tertiary/aromatic N) is 1. The fraction of sp³-hybridized carbons (Fsp3) is 0.125. The smallest absolute Gasteiger partial charge is 0.338 e. The quantitative estimate of drug-likeness (QED) is 0.196. The molecular weight excluding hydrogens is 459 g/mol. The number of esters is 1. The first-order valence-corrected chi connectivity index (χ1v) is 10.4. The fourth-order valence-electron chi connectivity index (χ4n) is 2.72. The standard InChI is InChI=1S/C24H21FN4O6/c1-2-34-24(33)16-5-9-18(10-6-16)28-23(32)22(31)26-13-19-11-12-20(35-19)14-27-29-21(30)15-3-7-17(25)8-4-15/h3-12,14H,2,13H2,1H3,(H,26,31)(H,28,32)(H,29,30)/b27-14-. The number of nitrogens with one attached hydrogen (secondary N) is 3. The molecule has 11 heteroatoms. The van der Waals surface area contributed by atoms with Crippen LogP contribution in [-0.2, 0) is 20.9 Å². The van der Waals surface area contributed by atoms with Crippen molar-refractivity contribution in [1.82, 2.24) is 10.7 Å². The highest BCUT2D eigenvalue weighted by Gasteiger charge is 2.15. The van der Waals surface area contributed by atoms with E-state index in [2.05, 4.69) is 21.2 Å². The first-order chi connectivity index (χ1) is 16.9. The molecule has 0 radical (unpaired) electrons. The van der Waals surface area contributed by atoms with Gasteiger partial charge in [0.05, 0.1) is 24.9 Å². The maximum atomic E-state index is 12.9. The molecule has 0 bridgehead atoms. The second kappa shape index (κ2) is 11.9. The maximum Gasteiger partial charge on any atom is 0.338 e. The van der Waals surface area contributed by atoms with Gasteiger partial charge in [0, 0.05) is 11.3 Å². The molecule has 0 saturated carbocycles. The van der Waals surface area contributed by atoms with Crippen LogP contribution in [0.3, 0.4) is 0 Å². The lowest BCUT2D eigenvalue weighted by atomic mass is 10.2. The van der Waals surface area contributed by atoms with E-state index in [1.54, 1.807) is 19.1 Å². The minimum Gasteiger partial charge on any atom is -0.462 e. The highest BCUT2D eigenvalue weighted by atomic mass is 19.1. The van der Waals surface area contributed by atoms with E-state index in [0.717, 1.165) is 12.1 Å². The van der Waals surface area contributed by atoms with E-state index >= 15 is 0 Å². The molecular formula is C24H21FN4O6. The zero-order chi connectivity index (χ0) is 25.2. The number of carbonyl (C=O) groups excluding carboxylic acids is 4. The molecule has 35 heavy (non-hydrogen) atoms. The molecule has 0 atom stereocenters. The van der Waals surface area contributed by atoms with Gasteiger partial charge in [0.2, 0.25) is 0 Å². The van der Waals surface area contributed by atoms with Crippen molar-refractivity contribution >= 4 is 35.6 Å². The zero-order valence-corrected chi connectivity index (χ0v) is 18.5. The maximum absolute atomic E-state index is 12.9. The van der Waals surface area contributed by atoms with Crippen molar-refractivity contribution in [1.29, 1.82) is 0 Å². The molecule has 0 spiro atoms. The second-order valence-corrected chi connectivity index (χ2v) is 6.94. The fourth-order valence-corrected chi connectivity index (χ4v) is 2.72. The third kappa shape index (κ3) is 7.35. The lowest BCUT2D eigenvalue weighted by Gasteiger charge is -2.06. The van der Waals surface area contributed by atoms with Crippen LogP contribution in [0.15, 0.2) is 70.2 Å². The molecule has 0 unspecified atom stereocenters. The van der Waals surface area contributed by atoms with Gasteiger partial charge in [-0.3, -0.25) is 14.4 Å². The Morgan fingerprint density at radius 2 is 1.63 bits per heavy atom. The largest absolute Gasteiger partial charge is 0.462 e. The molecule has 10 nitrogen and oxygen atoms in total. The number of hydrazone groups is 1. The van der Waals surface area contributed by atoms with E-state index in [0.29, 0.717) is 22.8 Å². The van der Waals surface area contributed by atoms with Crippen LogP contribution in [0.5, 0.6) is 0 Å². The van der Waals surface area contributed by atoms with Gasteiger partial charge in [0.25, 0.3) is 5.91 Å². The Hall–Kier alpha value is -4.80. The first-order valence-electron chi connectivity index (χ1n) is 10.4. The first kappa shape index (κ1) is 24.8. The highest BCUT2D eigenvalue weighted by molar-refractivity contribution is 6.39. The lowest BCUT2D eigenvalue weighted by Crippen LogP contribution is -2.34. The average Bonchev–Trinajstić information content (AvgIpc) is 3.31. The Morgan fingerprint density at radius 3 is 2.31 bits per heavy atom. The van der Waals surface area contributed by atoms with Crippen LogP contribution < -0.4 is 16.1 Å². The number of anilines is 1. The van der Waals surface area contributed by atoms with Gasteiger partial charge in [-0.2, -0.15) is 5.10 Å². The van der Waals surface area contributed by atoms with Gasteiger partial charge >= 0.3 is 17.8 Å². The number of carbonyl (C=O) groups is 4. The zero-order valence-electron chi connectivity index (χ0n) is 18.5. The van der Waals surface area contributed by atoms with Crippen molar-refractivity contribution in [3.8, 4) is 0 Å². The Bertz CT molecular complexity index is 1240. The van der Waals surface area contributed by atoms with E-state index in [1.165, 1.54) is 42.6 Å². The predicted octanol–water partition coefficient (Wildman–Crippen LogP) is 2.61. The van der Waals surface area contributed by atoms with Crippen LogP contribution in [0, 0.1) is 5.82 Å². The Kier molecular flexibility index (Phi) is 8.43. The number of ether oxygens (including phenoxy) is 1. The SMILES string of the molecule is CCOC(=O)c1ccc(NC(=O)C(=O)NCc2ccc(/C=N\NC(=O)c3ccc(F)cc3)o2)cc1. The molecule has 1 heterocycles. The molecule has 1 aromatic heterocycles. The normalized spacial score (nSPS) is 10.6. The van der Waals surface area contributed by atoms with Crippen molar-refractivity contribution in [3.05, 3.63) is 89.1 Å². The van der Waals surface area contributed by atoms with Gasteiger partial charge in [-0.25, -0.2) is 14.6 Å². The molecule has 0 saturated heterocycles. The third-order valence-electron chi connectivity index (χ3n) is 4.43. The molecule has 0 aliphatic heterocycles. The van der Waals surface area contributed by atoms with E-state index in [9.17, 15) is 23.6 Å². The van der Waals surface area contributed by atoms with E-state index in [1.807, 2.05) is 0 Å². The number of hydrogen-bond donors (Lipinski definition) is 3. The van der Waals surface area contributed by atoms with E-state index in [-0.39, 0.29) is 18.7 Å². The number of hydrogen-bond acceptors (Lipinski definition) is 7. The minimum atomic E-state index is -0.897. The summed E-state index contributed by atoms with van der Waals surface area (Å²) < 4.78 is 23.2. The Morgan fingerprint density at radius 1 is 0.943 bits per heavy atom. The molecule has 0 aliphatic carbocycles. The average molecular weight is 480 g/mol. The van der Waals surface area contributed by atoms with Crippen LogP contribution in [0.1, 0.15) is 39.2 Å².